The number of rotatable bonds is 25. The van der Waals surface area contributed by atoms with Crippen LogP contribution in [-0.4, -0.2) is 242 Å². The molecule has 1 aliphatic rings. The van der Waals surface area contributed by atoms with Gasteiger partial charge in [-0.25, -0.2) is 4.79 Å². The van der Waals surface area contributed by atoms with Crippen LogP contribution in [-0.2, 0) is 94.3 Å². The molecule has 14 atom stereocenters. The number of amides is 15. The zero-order valence-corrected chi connectivity index (χ0v) is 65.9. The van der Waals surface area contributed by atoms with Crippen molar-refractivity contribution in [2.24, 2.45) is 46.4 Å². The van der Waals surface area contributed by atoms with E-state index in [1.165, 1.54) is 44.3 Å². The molecular formula is C72H109N19O21S2. The summed E-state index contributed by atoms with van der Waals surface area (Å²) in [5, 5.41) is 73.2. The Morgan fingerprint density at radius 1 is 0.491 bits per heavy atom. The molecule has 0 aliphatic carbocycles. The molecule has 0 saturated carbocycles. The molecule has 3 aromatic rings. The normalized spacial score (nSPS) is 24.7. The maximum absolute atomic E-state index is 14.8. The minimum atomic E-state index is -2.05. The van der Waals surface area contributed by atoms with Crippen LogP contribution < -0.4 is 97.8 Å². The molecule has 2 aromatic carbocycles. The Morgan fingerprint density at radius 2 is 0.930 bits per heavy atom. The number of aromatic nitrogens is 1. The van der Waals surface area contributed by atoms with Gasteiger partial charge in [-0.05, 0) is 105 Å². The van der Waals surface area contributed by atoms with Gasteiger partial charge in [0.15, 0.2) is 0 Å². The molecule has 630 valence electrons. The quantitative estimate of drug-likeness (QED) is 0.0278. The number of phenolic OH excluding ortho intramolecular Hbond substituents is 1. The van der Waals surface area contributed by atoms with Gasteiger partial charge in [-0.15, -0.1) is 0 Å². The summed E-state index contributed by atoms with van der Waals surface area (Å²) in [6.07, 6.45) is -1.64. The number of aliphatic carboxylic acids is 2. The number of carboxylic acids is 2. The number of unbranched alkanes of at least 4 members (excludes halogenated alkanes) is 2. The molecule has 42 heteroatoms. The van der Waals surface area contributed by atoms with Gasteiger partial charge < -0.3 is 123 Å². The highest BCUT2D eigenvalue weighted by molar-refractivity contribution is 8.76. The molecule has 0 spiro atoms. The third kappa shape index (κ3) is 32.1. The molecule has 7 unspecified atom stereocenters. The number of primary amides is 2. The predicted molar refractivity (Wildman–Crippen MR) is 417 cm³/mol. The van der Waals surface area contributed by atoms with Crippen LogP contribution in [0.5, 0.6) is 5.75 Å². The molecule has 0 radical (unpaired) electrons. The monoisotopic (exact) mass is 1640 g/mol. The van der Waals surface area contributed by atoms with Gasteiger partial charge in [0, 0.05) is 47.9 Å². The summed E-state index contributed by atoms with van der Waals surface area (Å²) < 4.78 is 0. The summed E-state index contributed by atoms with van der Waals surface area (Å²) in [4.78, 5) is 239. The number of aromatic amines is 1. The molecule has 0 bridgehead atoms. The van der Waals surface area contributed by atoms with Gasteiger partial charge in [0.25, 0.3) is 0 Å². The third-order valence-electron chi connectivity index (χ3n) is 18.3. The number of carbonyl (C=O) groups is 17. The van der Waals surface area contributed by atoms with Crippen molar-refractivity contribution >= 4 is 133 Å². The van der Waals surface area contributed by atoms with Gasteiger partial charge in [-0.2, -0.15) is 0 Å². The number of carboxylic acid groups (broad SMARTS) is 2. The number of phenols is 1. The Kier molecular flexibility index (Phi) is 40.6. The third-order valence-corrected chi connectivity index (χ3v) is 20.8. The lowest BCUT2D eigenvalue weighted by Gasteiger charge is -2.29. The summed E-state index contributed by atoms with van der Waals surface area (Å²) >= 11 is 0. The van der Waals surface area contributed by atoms with E-state index in [1.807, 2.05) is 0 Å². The molecule has 15 amide bonds. The number of aliphatic hydroxyl groups excluding tert-OH is 1. The summed E-state index contributed by atoms with van der Waals surface area (Å²) in [7, 11) is 1.79. The number of carbonyl (C=O) groups excluding carboxylic acids is 15. The molecule has 1 saturated heterocycles. The topological polar surface area (TPSA) is 673 Å². The number of nitrogens with two attached hydrogens (primary N) is 5. The van der Waals surface area contributed by atoms with E-state index in [-0.39, 0.29) is 81.7 Å². The summed E-state index contributed by atoms with van der Waals surface area (Å²) in [6, 6.07) is -9.43. The maximum Gasteiger partial charge on any atom is 0.327 e. The largest absolute Gasteiger partial charge is 0.508 e. The molecule has 1 aliphatic heterocycles. The molecule has 28 N–H and O–H groups in total. The lowest BCUT2D eigenvalue weighted by atomic mass is 9.96. The Balaban J connectivity index is 1.82. The minimum absolute atomic E-state index is 0.104. The Labute approximate surface area is 665 Å². The van der Waals surface area contributed by atoms with Gasteiger partial charge in [0.05, 0.1) is 32.0 Å². The zero-order chi connectivity index (χ0) is 85.1. The second-order valence-electron chi connectivity index (χ2n) is 28.1. The van der Waals surface area contributed by atoms with Crippen LogP contribution in [0.15, 0.2) is 54.7 Å². The van der Waals surface area contributed by atoms with E-state index in [1.54, 1.807) is 52.0 Å². The van der Waals surface area contributed by atoms with Crippen LogP contribution in [0, 0.1) is 17.8 Å². The summed E-state index contributed by atoms with van der Waals surface area (Å²) in [5.74, 6) is -22.3. The number of aliphatic hydroxyl groups is 1. The average Bonchev–Trinajstić information content (AvgIpc) is 1.72. The Bertz CT molecular complexity index is 3850. The highest BCUT2D eigenvalue weighted by atomic mass is 33.1. The van der Waals surface area contributed by atoms with Gasteiger partial charge in [0.2, 0.25) is 88.6 Å². The van der Waals surface area contributed by atoms with Crippen molar-refractivity contribution in [1.29, 1.82) is 0 Å². The average molecular weight is 1640 g/mol. The first-order chi connectivity index (χ1) is 53.9. The number of H-pyrrole nitrogens is 1. The number of aromatic hydroxyl groups is 1. The first-order valence-corrected chi connectivity index (χ1v) is 39.7. The molecule has 1 fully saturated rings. The van der Waals surface area contributed by atoms with Crippen LogP contribution in [0.3, 0.4) is 0 Å². The first kappa shape index (κ1) is 95.7. The highest BCUT2D eigenvalue weighted by Gasteiger charge is 2.39. The van der Waals surface area contributed by atoms with Crippen molar-refractivity contribution in [3.05, 3.63) is 65.9 Å². The van der Waals surface area contributed by atoms with E-state index in [9.17, 15) is 102 Å². The van der Waals surface area contributed by atoms with Crippen LogP contribution in [0.25, 0.3) is 10.9 Å². The fourth-order valence-electron chi connectivity index (χ4n) is 11.6. The molecular weight excluding hydrogens is 1530 g/mol. The van der Waals surface area contributed by atoms with Crippen LogP contribution in [0.4, 0.5) is 0 Å². The minimum Gasteiger partial charge on any atom is -0.508 e. The second-order valence-corrected chi connectivity index (χ2v) is 30.7. The second kappa shape index (κ2) is 48.4. The highest BCUT2D eigenvalue weighted by Crippen LogP contribution is 2.25. The van der Waals surface area contributed by atoms with Crippen molar-refractivity contribution in [1.82, 2.24) is 74.1 Å². The number of fused-ring (bicyclic) bond motifs is 1. The van der Waals surface area contributed by atoms with Crippen molar-refractivity contribution < 1.29 is 102 Å². The SMILES string of the molecule is CC[C@H](C)[C@@H]1NC(=O)[C@H](Cc2c[nH]c3ccccc23)NC(=O)C(CCC(=O)O)NC(=O)[C@H](CO)NC(=O)C(CC(N)=O)NC(=O)[C@H](CCCCN)NC(=O)C(C(C)C)NC(=O)CNC(=O)C(Cc2ccc(O)cc2)NC(=O)C(CC(N)=O)NC(=O)[C@H](CCCCN)NC(=O)C(C(C)C)NC(=O)[C@@H](N)CSSCC(C(=O)O)NC1=O. The Hall–Kier alpha value is -10.7. The van der Waals surface area contributed by atoms with Crippen molar-refractivity contribution in [2.45, 2.75) is 204 Å². The van der Waals surface area contributed by atoms with Gasteiger partial charge >= 0.3 is 11.9 Å². The number of benzene rings is 2. The molecule has 2 heterocycles. The summed E-state index contributed by atoms with van der Waals surface area (Å²) in [6.45, 7) is 7.50. The lowest BCUT2D eigenvalue weighted by molar-refractivity contribution is -0.142. The smallest absolute Gasteiger partial charge is 0.327 e. The van der Waals surface area contributed by atoms with Crippen LogP contribution in [0.2, 0.25) is 0 Å². The van der Waals surface area contributed by atoms with Crippen LogP contribution >= 0.6 is 21.6 Å². The van der Waals surface area contributed by atoms with Gasteiger partial charge in [0.1, 0.15) is 78.3 Å². The van der Waals surface area contributed by atoms with E-state index >= 15 is 0 Å². The van der Waals surface area contributed by atoms with Crippen LogP contribution in [0.1, 0.15) is 123 Å². The van der Waals surface area contributed by atoms with E-state index in [2.05, 4.69) is 74.1 Å². The first-order valence-electron chi connectivity index (χ1n) is 37.2. The number of nitrogens with one attached hydrogen (secondary N) is 14. The standard InChI is InChI=1S/C72H109N19O21S2/c1-7-37(6)59-71(110)88-52(72(111)112)34-114-113-33-42(75)60(99)90-58(36(4)5)70(109)82-45(17-11-13-25-74)63(102)85-49(28-53(76)94)65(104)83-47(26-38-18-20-40(93)21-19-38)61(100)79-31-55(96)89-57(35(2)3)69(108)81-44(16-10-12-24-73)62(101)86-50(29-54(77)95)66(105)87-51(32-92)68(107)80-46(22-23-56(97)98)64(103)84-48(67(106)91-59)27-39-30-78-43-15-9-8-14-41(39)43/h8-9,14-15,18-21,30,35-37,42,44-52,57-59,78,92-93H,7,10-13,16-17,22-29,31-34,73-75H2,1-6H3,(H2,76,94)(H2,77,95)(H,79,100)(H,80,107)(H,81,108)(H,82,109)(H,83,104)(H,84,103)(H,85,102)(H,86,101)(H,87,105)(H,88,110)(H,89,96)(H,90,99)(H,91,106)(H,97,98)(H,111,112)/t37-,42-,44-,45-,46?,47?,48-,49?,50?,51-,52?,57?,58?,59-/m0/s1. The summed E-state index contributed by atoms with van der Waals surface area (Å²) in [5.41, 5.74) is 30.3. The Morgan fingerprint density at radius 3 is 1.43 bits per heavy atom. The van der Waals surface area contributed by atoms with Crippen molar-refractivity contribution in [3.8, 4) is 5.75 Å². The molecule has 114 heavy (non-hydrogen) atoms. The van der Waals surface area contributed by atoms with E-state index in [4.69, 9.17) is 28.7 Å². The molecule has 1 aromatic heterocycles. The van der Waals surface area contributed by atoms with Crippen molar-refractivity contribution in [3.63, 3.8) is 0 Å². The van der Waals surface area contributed by atoms with Gasteiger partial charge in [-0.1, -0.05) is 99.9 Å². The van der Waals surface area contributed by atoms with E-state index in [0.717, 1.165) is 21.6 Å². The predicted octanol–water partition coefficient (Wildman–Crippen LogP) is -5.38. The molecule has 4 rings (SSSR count). The van der Waals surface area contributed by atoms with Gasteiger partial charge in [-0.3, -0.25) is 76.7 Å². The molecule has 40 nitrogen and oxygen atoms in total. The fourth-order valence-corrected chi connectivity index (χ4v) is 13.9. The number of para-hydroxylation sites is 1. The maximum atomic E-state index is 14.8. The zero-order valence-electron chi connectivity index (χ0n) is 64.3. The number of hydrogen-bond acceptors (Lipinski definition) is 24. The van der Waals surface area contributed by atoms with E-state index < -0.39 is 236 Å². The lowest BCUT2D eigenvalue weighted by Crippen LogP contribution is -2.61. The van der Waals surface area contributed by atoms with Crippen molar-refractivity contribution in [2.75, 3.05) is 37.7 Å². The number of hydrogen-bond donors (Lipinski definition) is 23. The fraction of sp³-hybridized carbons (Fsp3) is 0.569. The van der Waals surface area contributed by atoms with E-state index in [0.29, 0.717) is 28.5 Å².